The summed E-state index contributed by atoms with van der Waals surface area (Å²) in [7, 11) is 0. The number of benzene rings is 2. The van der Waals surface area contributed by atoms with Crippen LogP contribution in [0.2, 0.25) is 18.7 Å². The molecule has 1 nitrogen and oxygen atoms in total. The van der Waals surface area contributed by atoms with E-state index in [1.807, 2.05) is 37.3 Å². The maximum absolute atomic E-state index is 6.07. The Bertz CT molecular complexity index is 535. The zero-order chi connectivity index (χ0) is 13.1. The van der Waals surface area contributed by atoms with Crippen LogP contribution in [0.4, 0.5) is 0 Å². The summed E-state index contributed by atoms with van der Waals surface area (Å²) in [4.78, 5) is 0. The van der Waals surface area contributed by atoms with Crippen LogP contribution in [0.1, 0.15) is 5.56 Å². The van der Waals surface area contributed by atoms with Crippen LogP contribution in [-0.4, -0.2) is 6.71 Å². The smallest absolute Gasteiger partial charge is 0.169 e. The van der Waals surface area contributed by atoms with E-state index in [0.717, 1.165) is 22.1 Å². The fraction of sp³-hybridized carbons (Fsp3) is 0.200. The molecule has 2 aromatic carbocycles. The number of aryl methyl sites for hydroxylation is 1. The molecule has 0 saturated carbocycles. The van der Waals surface area contributed by atoms with Gasteiger partial charge in [-0.2, -0.15) is 0 Å². The molecule has 0 aliphatic heterocycles. The van der Waals surface area contributed by atoms with Crippen molar-refractivity contribution in [2.24, 2.45) is 0 Å². The van der Waals surface area contributed by atoms with Crippen LogP contribution in [0.15, 0.2) is 42.5 Å². The van der Waals surface area contributed by atoms with Crippen molar-refractivity contribution in [1.29, 1.82) is 0 Å². The van der Waals surface area contributed by atoms with Crippen molar-refractivity contribution in [2.45, 2.75) is 20.6 Å². The molecule has 0 fully saturated rings. The molecule has 2 rings (SSSR count). The van der Waals surface area contributed by atoms with Crippen molar-refractivity contribution in [3.63, 3.8) is 0 Å². The molecule has 0 aliphatic carbocycles. The SMILES string of the molecule is CB(C)c1ccc(Oc2ccc(C)c(Cl)c2)cc1. The Hall–Kier alpha value is -1.41. The molecule has 0 aliphatic rings. The first-order valence-corrected chi connectivity index (χ1v) is 6.48. The Morgan fingerprint density at radius 1 is 0.944 bits per heavy atom. The van der Waals surface area contributed by atoms with Gasteiger partial charge in [-0.1, -0.05) is 48.9 Å². The van der Waals surface area contributed by atoms with Crippen LogP contribution in [0, 0.1) is 6.92 Å². The van der Waals surface area contributed by atoms with Crippen LogP contribution in [0.25, 0.3) is 0 Å². The van der Waals surface area contributed by atoms with Crippen LogP contribution >= 0.6 is 11.6 Å². The van der Waals surface area contributed by atoms with Gasteiger partial charge in [-0.05, 0) is 36.8 Å². The number of rotatable bonds is 3. The van der Waals surface area contributed by atoms with Gasteiger partial charge in [0.25, 0.3) is 0 Å². The highest BCUT2D eigenvalue weighted by Crippen LogP contribution is 2.25. The minimum Gasteiger partial charge on any atom is -0.457 e. The zero-order valence-corrected chi connectivity index (χ0v) is 11.7. The molecule has 0 amide bonds. The summed E-state index contributed by atoms with van der Waals surface area (Å²) in [5.41, 5.74) is 2.36. The molecule has 0 unspecified atom stereocenters. The predicted molar refractivity (Wildman–Crippen MR) is 79.8 cm³/mol. The molecular weight excluding hydrogens is 242 g/mol. The molecule has 0 saturated heterocycles. The van der Waals surface area contributed by atoms with E-state index in [1.165, 1.54) is 5.46 Å². The minimum absolute atomic E-state index is 0.535. The van der Waals surface area contributed by atoms with Gasteiger partial charge in [-0.25, -0.2) is 0 Å². The van der Waals surface area contributed by atoms with Crippen molar-refractivity contribution >= 4 is 23.8 Å². The quantitative estimate of drug-likeness (QED) is 0.741. The molecule has 0 atom stereocenters. The average Bonchev–Trinajstić information content (AvgIpc) is 2.34. The van der Waals surface area contributed by atoms with Crippen LogP contribution in [0.5, 0.6) is 11.5 Å². The molecule has 0 spiro atoms. The topological polar surface area (TPSA) is 9.23 Å². The largest absolute Gasteiger partial charge is 0.457 e. The van der Waals surface area contributed by atoms with E-state index in [1.54, 1.807) is 0 Å². The van der Waals surface area contributed by atoms with Gasteiger partial charge in [-0.3, -0.25) is 0 Å². The lowest BCUT2D eigenvalue weighted by molar-refractivity contribution is 0.483. The van der Waals surface area contributed by atoms with Gasteiger partial charge in [0.1, 0.15) is 11.5 Å². The number of hydrogen-bond donors (Lipinski definition) is 0. The summed E-state index contributed by atoms with van der Waals surface area (Å²) in [6.07, 6.45) is 0. The molecule has 0 heterocycles. The molecule has 3 heteroatoms. The molecule has 2 aromatic rings. The van der Waals surface area contributed by atoms with E-state index >= 15 is 0 Å². The standard InChI is InChI=1S/C15H16BClO/c1-11-4-7-14(10-15(11)17)18-13-8-5-12(6-9-13)16(2)3/h4-10H,1-3H3. The third-order valence-electron chi connectivity index (χ3n) is 2.93. The highest BCUT2D eigenvalue weighted by molar-refractivity contribution is 6.70. The van der Waals surface area contributed by atoms with Gasteiger partial charge in [0, 0.05) is 5.02 Å². The third-order valence-corrected chi connectivity index (χ3v) is 3.33. The number of hydrogen-bond acceptors (Lipinski definition) is 1. The monoisotopic (exact) mass is 258 g/mol. The fourth-order valence-corrected chi connectivity index (χ4v) is 1.86. The maximum Gasteiger partial charge on any atom is 0.169 e. The molecule has 0 bridgehead atoms. The van der Waals surface area contributed by atoms with Crippen molar-refractivity contribution < 1.29 is 4.74 Å². The van der Waals surface area contributed by atoms with Gasteiger partial charge >= 0.3 is 0 Å². The molecule has 18 heavy (non-hydrogen) atoms. The highest BCUT2D eigenvalue weighted by Gasteiger charge is 2.04. The summed E-state index contributed by atoms with van der Waals surface area (Å²) in [5, 5.41) is 0.728. The lowest BCUT2D eigenvalue weighted by atomic mass is 9.49. The van der Waals surface area contributed by atoms with Crippen molar-refractivity contribution in [2.75, 3.05) is 0 Å². The van der Waals surface area contributed by atoms with Crippen molar-refractivity contribution in [3.05, 3.63) is 53.1 Å². The molecule has 0 N–H and O–H groups in total. The average molecular weight is 259 g/mol. The van der Waals surface area contributed by atoms with E-state index in [9.17, 15) is 0 Å². The summed E-state index contributed by atoms with van der Waals surface area (Å²) in [6, 6.07) is 13.9. The predicted octanol–water partition coefficient (Wildman–Crippen LogP) is 4.40. The first-order valence-electron chi connectivity index (χ1n) is 6.10. The molecule has 0 aromatic heterocycles. The summed E-state index contributed by atoms with van der Waals surface area (Å²) in [5.74, 6) is 1.60. The first kappa shape index (κ1) is 13.0. The summed E-state index contributed by atoms with van der Waals surface area (Å²) >= 11 is 6.07. The Balaban J connectivity index is 2.15. The van der Waals surface area contributed by atoms with Crippen molar-refractivity contribution in [3.8, 4) is 11.5 Å². The molecule has 0 radical (unpaired) electrons. The Kier molecular flexibility index (Phi) is 3.98. The van der Waals surface area contributed by atoms with E-state index < -0.39 is 0 Å². The van der Waals surface area contributed by atoms with Gasteiger partial charge in [-0.15, -0.1) is 0 Å². The Labute approximate surface area is 114 Å². The lowest BCUT2D eigenvalue weighted by Crippen LogP contribution is -2.21. The Morgan fingerprint density at radius 2 is 1.56 bits per heavy atom. The second kappa shape index (κ2) is 5.49. The maximum atomic E-state index is 6.07. The normalized spacial score (nSPS) is 10.2. The van der Waals surface area contributed by atoms with Gasteiger partial charge in [0.2, 0.25) is 0 Å². The van der Waals surface area contributed by atoms with E-state index in [0.29, 0.717) is 6.71 Å². The Morgan fingerprint density at radius 3 is 2.11 bits per heavy atom. The summed E-state index contributed by atoms with van der Waals surface area (Å²) in [6.45, 7) is 6.86. The zero-order valence-electron chi connectivity index (χ0n) is 10.9. The first-order chi connectivity index (χ1) is 8.56. The second-order valence-corrected chi connectivity index (χ2v) is 5.14. The number of halogens is 1. The summed E-state index contributed by atoms with van der Waals surface area (Å²) < 4.78 is 5.76. The molecule has 92 valence electrons. The van der Waals surface area contributed by atoms with Crippen LogP contribution < -0.4 is 10.2 Å². The van der Waals surface area contributed by atoms with Crippen molar-refractivity contribution in [1.82, 2.24) is 0 Å². The highest BCUT2D eigenvalue weighted by atomic mass is 35.5. The van der Waals surface area contributed by atoms with E-state index in [2.05, 4.69) is 25.8 Å². The number of ether oxygens (including phenoxy) is 1. The van der Waals surface area contributed by atoms with Gasteiger partial charge in [0.05, 0.1) is 0 Å². The third kappa shape index (κ3) is 3.08. The molecular formula is C15H16BClO. The van der Waals surface area contributed by atoms with E-state index in [-0.39, 0.29) is 0 Å². The minimum atomic E-state index is 0.535. The lowest BCUT2D eigenvalue weighted by Gasteiger charge is -2.08. The van der Waals surface area contributed by atoms with Crippen LogP contribution in [-0.2, 0) is 0 Å². The van der Waals surface area contributed by atoms with E-state index in [4.69, 9.17) is 16.3 Å². The second-order valence-electron chi connectivity index (χ2n) is 4.74. The fourth-order valence-electron chi connectivity index (χ4n) is 1.69. The van der Waals surface area contributed by atoms with Gasteiger partial charge in [0.15, 0.2) is 6.71 Å². The van der Waals surface area contributed by atoms with Crippen LogP contribution in [0.3, 0.4) is 0 Å². The van der Waals surface area contributed by atoms with Gasteiger partial charge < -0.3 is 4.74 Å².